The summed E-state index contributed by atoms with van der Waals surface area (Å²) >= 11 is 0. The summed E-state index contributed by atoms with van der Waals surface area (Å²) in [4.78, 5) is 11.4. The smallest absolute Gasteiger partial charge is 0.353 e. The highest BCUT2D eigenvalue weighted by atomic mass is 19.4. The molecule has 6 heteroatoms. The molecule has 2 atom stereocenters. The van der Waals surface area contributed by atoms with Crippen LogP contribution in [-0.2, 0) is 4.79 Å². The van der Waals surface area contributed by atoms with Crippen LogP contribution in [0.2, 0.25) is 0 Å². The molecule has 0 saturated heterocycles. The minimum Gasteiger partial charge on any atom is -0.353 e. The molecule has 1 rings (SSSR count). The molecule has 1 fully saturated rings. The van der Waals surface area contributed by atoms with Crippen LogP contribution in [0.1, 0.15) is 39.5 Å². The van der Waals surface area contributed by atoms with Crippen LogP contribution >= 0.6 is 0 Å². The second-order valence-corrected chi connectivity index (χ2v) is 5.14. The lowest BCUT2D eigenvalue weighted by atomic mass is 9.84. The van der Waals surface area contributed by atoms with Gasteiger partial charge in [0.05, 0.1) is 12.5 Å². The van der Waals surface area contributed by atoms with Crippen LogP contribution in [0, 0.1) is 5.92 Å². The monoisotopic (exact) mass is 266 g/mol. The van der Waals surface area contributed by atoms with Gasteiger partial charge in [0.1, 0.15) is 0 Å². The third-order valence-corrected chi connectivity index (χ3v) is 3.16. The largest absolute Gasteiger partial charge is 0.393 e. The molecule has 1 aliphatic carbocycles. The molecule has 3 nitrogen and oxygen atoms in total. The van der Waals surface area contributed by atoms with E-state index in [1.54, 1.807) is 0 Å². The van der Waals surface area contributed by atoms with E-state index in [0.717, 1.165) is 6.42 Å². The molecule has 0 aromatic carbocycles. The number of amides is 1. The van der Waals surface area contributed by atoms with Crippen LogP contribution in [0.25, 0.3) is 0 Å². The van der Waals surface area contributed by atoms with Crippen molar-refractivity contribution in [1.29, 1.82) is 0 Å². The first-order valence-electron chi connectivity index (χ1n) is 6.40. The second-order valence-electron chi connectivity index (χ2n) is 5.14. The van der Waals surface area contributed by atoms with Gasteiger partial charge in [-0.3, -0.25) is 4.79 Å². The second kappa shape index (κ2) is 6.41. The Labute approximate surface area is 106 Å². The van der Waals surface area contributed by atoms with Gasteiger partial charge in [0.15, 0.2) is 0 Å². The van der Waals surface area contributed by atoms with E-state index in [4.69, 9.17) is 0 Å². The summed E-state index contributed by atoms with van der Waals surface area (Å²) in [7, 11) is 0. The van der Waals surface area contributed by atoms with Crippen molar-refractivity contribution in [3.63, 3.8) is 0 Å². The summed E-state index contributed by atoms with van der Waals surface area (Å²) in [5, 5.41) is 5.40. The molecule has 0 aromatic rings. The van der Waals surface area contributed by atoms with Gasteiger partial charge in [0, 0.05) is 12.1 Å². The van der Waals surface area contributed by atoms with Crippen molar-refractivity contribution < 1.29 is 18.0 Å². The van der Waals surface area contributed by atoms with E-state index in [1.807, 2.05) is 13.8 Å². The zero-order chi connectivity index (χ0) is 13.8. The summed E-state index contributed by atoms with van der Waals surface area (Å²) in [6.45, 7) is 3.59. The van der Waals surface area contributed by atoms with E-state index in [9.17, 15) is 18.0 Å². The Morgan fingerprint density at radius 3 is 2.44 bits per heavy atom. The molecule has 0 aliphatic heterocycles. The first-order chi connectivity index (χ1) is 8.30. The van der Waals surface area contributed by atoms with Crippen LogP contribution in [0.5, 0.6) is 0 Å². The van der Waals surface area contributed by atoms with Crippen LogP contribution < -0.4 is 10.6 Å². The summed E-state index contributed by atoms with van der Waals surface area (Å²) in [5.41, 5.74) is 0. The Hall–Kier alpha value is -0.780. The minimum absolute atomic E-state index is 0.00377. The van der Waals surface area contributed by atoms with Crippen molar-refractivity contribution in [2.45, 2.75) is 57.8 Å². The highest BCUT2D eigenvalue weighted by Gasteiger charge is 2.45. The molecule has 106 valence electrons. The fourth-order valence-electron chi connectivity index (χ4n) is 2.36. The van der Waals surface area contributed by atoms with Gasteiger partial charge >= 0.3 is 6.18 Å². The van der Waals surface area contributed by atoms with E-state index in [0.29, 0.717) is 12.8 Å². The lowest BCUT2D eigenvalue weighted by Crippen LogP contribution is -2.49. The molecule has 0 spiro atoms. The number of hydrogen-bond acceptors (Lipinski definition) is 2. The molecule has 2 unspecified atom stereocenters. The Bertz CT molecular complexity index is 279. The zero-order valence-corrected chi connectivity index (χ0v) is 10.8. The van der Waals surface area contributed by atoms with E-state index in [2.05, 4.69) is 10.6 Å². The summed E-state index contributed by atoms with van der Waals surface area (Å²) in [6.07, 6.45) is -2.13. The summed E-state index contributed by atoms with van der Waals surface area (Å²) < 4.78 is 38.4. The van der Waals surface area contributed by atoms with Crippen LogP contribution in [0.3, 0.4) is 0 Å². The Balaban J connectivity index is 2.45. The molecule has 1 saturated carbocycles. The van der Waals surface area contributed by atoms with Gasteiger partial charge in [-0.15, -0.1) is 0 Å². The number of nitrogens with one attached hydrogen (secondary N) is 2. The number of carbonyl (C=O) groups is 1. The molecule has 0 bridgehead atoms. The minimum atomic E-state index is -4.17. The van der Waals surface area contributed by atoms with Crippen LogP contribution in [-0.4, -0.2) is 30.7 Å². The highest BCUT2D eigenvalue weighted by molar-refractivity contribution is 5.78. The topological polar surface area (TPSA) is 41.1 Å². The van der Waals surface area contributed by atoms with Crippen molar-refractivity contribution in [3.8, 4) is 0 Å². The average molecular weight is 266 g/mol. The molecule has 18 heavy (non-hydrogen) atoms. The Morgan fingerprint density at radius 2 is 1.89 bits per heavy atom. The number of rotatable bonds is 4. The van der Waals surface area contributed by atoms with Crippen molar-refractivity contribution in [2.75, 3.05) is 6.54 Å². The van der Waals surface area contributed by atoms with Crippen LogP contribution in [0.4, 0.5) is 13.2 Å². The first-order valence-corrected chi connectivity index (χ1v) is 6.40. The molecule has 0 heterocycles. The van der Waals surface area contributed by atoms with Crippen LogP contribution in [0.15, 0.2) is 0 Å². The molecule has 1 aliphatic rings. The predicted molar refractivity (Wildman–Crippen MR) is 63.1 cm³/mol. The first kappa shape index (κ1) is 15.3. The third-order valence-electron chi connectivity index (χ3n) is 3.16. The van der Waals surface area contributed by atoms with Crippen molar-refractivity contribution in [3.05, 3.63) is 0 Å². The van der Waals surface area contributed by atoms with E-state index in [1.165, 1.54) is 0 Å². The van der Waals surface area contributed by atoms with Gasteiger partial charge < -0.3 is 10.6 Å². The summed E-state index contributed by atoms with van der Waals surface area (Å²) in [5.74, 6) is -1.57. The van der Waals surface area contributed by atoms with Crippen molar-refractivity contribution in [2.24, 2.45) is 5.92 Å². The van der Waals surface area contributed by atoms with Gasteiger partial charge in [-0.2, -0.15) is 13.2 Å². The average Bonchev–Trinajstić information content (AvgIpc) is 2.24. The molecular weight excluding hydrogens is 245 g/mol. The SMILES string of the molecule is CC(C)NC(=O)CNC1CCCCC1C(F)(F)F. The number of hydrogen-bond donors (Lipinski definition) is 2. The maximum Gasteiger partial charge on any atom is 0.393 e. The maximum atomic E-state index is 12.8. The number of carbonyl (C=O) groups excluding carboxylic acids is 1. The predicted octanol–water partition coefficient (Wildman–Crippen LogP) is 2.22. The van der Waals surface area contributed by atoms with Gasteiger partial charge in [0.25, 0.3) is 0 Å². The molecule has 0 radical (unpaired) electrons. The third kappa shape index (κ3) is 4.84. The number of halogens is 3. The lowest BCUT2D eigenvalue weighted by molar-refractivity contribution is -0.189. The number of alkyl halides is 3. The van der Waals surface area contributed by atoms with Crippen molar-refractivity contribution in [1.82, 2.24) is 10.6 Å². The van der Waals surface area contributed by atoms with E-state index < -0.39 is 18.1 Å². The normalized spacial score (nSPS) is 25.2. The van der Waals surface area contributed by atoms with Gasteiger partial charge in [0.2, 0.25) is 5.91 Å². The van der Waals surface area contributed by atoms with Crippen molar-refractivity contribution >= 4 is 5.91 Å². The molecule has 2 N–H and O–H groups in total. The fourth-order valence-corrected chi connectivity index (χ4v) is 2.36. The van der Waals surface area contributed by atoms with Gasteiger partial charge in [-0.05, 0) is 26.7 Å². The van der Waals surface area contributed by atoms with E-state index in [-0.39, 0.29) is 24.9 Å². The Kier molecular flexibility index (Phi) is 5.44. The molecule has 1 amide bonds. The summed E-state index contributed by atoms with van der Waals surface area (Å²) in [6, 6.07) is -0.624. The highest BCUT2D eigenvalue weighted by Crippen LogP contribution is 2.37. The Morgan fingerprint density at radius 1 is 1.28 bits per heavy atom. The maximum absolute atomic E-state index is 12.8. The molecule has 0 aromatic heterocycles. The lowest BCUT2D eigenvalue weighted by Gasteiger charge is -2.33. The fraction of sp³-hybridized carbons (Fsp3) is 0.917. The zero-order valence-electron chi connectivity index (χ0n) is 10.8. The standard InChI is InChI=1S/C12H21F3N2O/c1-8(2)17-11(18)7-16-10-6-4-3-5-9(10)12(13,14)15/h8-10,16H,3-7H2,1-2H3,(H,17,18). The quantitative estimate of drug-likeness (QED) is 0.819. The van der Waals surface area contributed by atoms with Gasteiger partial charge in [-0.25, -0.2) is 0 Å². The van der Waals surface area contributed by atoms with E-state index >= 15 is 0 Å². The molecular formula is C12H21F3N2O. The van der Waals surface area contributed by atoms with Gasteiger partial charge in [-0.1, -0.05) is 12.8 Å².